The van der Waals surface area contributed by atoms with Crippen LogP contribution in [-0.4, -0.2) is 40.2 Å². The molecule has 0 saturated carbocycles. The van der Waals surface area contributed by atoms with E-state index in [1.165, 1.54) is 24.3 Å². The van der Waals surface area contributed by atoms with Crippen molar-refractivity contribution in [2.45, 2.75) is 23.6 Å². The van der Waals surface area contributed by atoms with Gasteiger partial charge in [0.05, 0.1) is 27.7 Å². The Morgan fingerprint density at radius 3 is 1.89 bits per heavy atom. The van der Waals surface area contributed by atoms with Gasteiger partial charge in [0.15, 0.2) is 9.84 Å². The van der Waals surface area contributed by atoms with Gasteiger partial charge in [-0.3, -0.25) is 0 Å². The molecule has 0 amide bonds. The predicted molar refractivity (Wildman–Crippen MR) is 147 cm³/mol. The first-order valence-corrected chi connectivity index (χ1v) is 15.3. The quantitative estimate of drug-likeness (QED) is 0.311. The fourth-order valence-corrected chi connectivity index (χ4v) is 5.55. The van der Waals surface area contributed by atoms with Gasteiger partial charge in [-0.05, 0) is 73.5 Å². The Morgan fingerprint density at radius 2 is 1.39 bits per heavy atom. The number of hydrogen-bond acceptors (Lipinski definition) is 6. The lowest BCUT2D eigenvalue weighted by atomic mass is 9.97. The third-order valence-corrected chi connectivity index (χ3v) is 8.31. The Kier molecular flexibility index (Phi) is 7.53. The highest BCUT2D eigenvalue weighted by Gasteiger charge is 2.29. The SMILES string of the molecule is CCOC(=O)c1c(-c2ccc(S(C)(=O)=O)cc2)c(-c2ccc(Cl)cc2)n(-c2ccc(S(N)(=O)=O)cc2)c1C. The van der Waals surface area contributed by atoms with Crippen LogP contribution in [-0.2, 0) is 24.6 Å². The fourth-order valence-electron chi connectivity index (χ4n) is 4.28. The fraction of sp³-hybridized carbons (Fsp3) is 0.148. The Bertz CT molecular complexity index is 1730. The van der Waals surface area contributed by atoms with Crippen LogP contribution >= 0.6 is 11.6 Å². The lowest BCUT2D eigenvalue weighted by molar-refractivity contribution is 0.0526. The molecular formula is C27H25ClN2O6S2. The topological polar surface area (TPSA) is 126 Å². The van der Waals surface area contributed by atoms with E-state index in [-0.39, 0.29) is 16.4 Å². The van der Waals surface area contributed by atoms with Crippen LogP contribution in [0.15, 0.2) is 82.6 Å². The molecule has 0 unspecified atom stereocenters. The molecule has 11 heteroatoms. The minimum Gasteiger partial charge on any atom is -0.462 e. The smallest absolute Gasteiger partial charge is 0.340 e. The van der Waals surface area contributed by atoms with Gasteiger partial charge in [-0.1, -0.05) is 35.9 Å². The summed E-state index contributed by atoms with van der Waals surface area (Å²) >= 11 is 6.15. The van der Waals surface area contributed by atoms with Gasteiger partial charge < -0.3 is 9.30 Å². The summed E-state index contributed by atoms with van der Waals surface area (Å²) in [5, 5.41) is 5.80. The van der Waals surface area contributed by atoms with Crippen LogP contribution in [0.2, 0.25) is 5.02 Å². The molecule has 0 spiro atoms. The molecule has 0 atom stereocenters. The van der Waals surface area contributed by atoms with E-state index in [4.69, 9.17) is 21.5 Å². The maximum atomic E-state index is 13.3. The maximum Gasteiger partial charge on any atom is 0.340 e. The van der Waals surface area contributed by atoms with Crippen LogP contribution in [0, 0.1) is 6.92 Å². The highest BCUT2D eigenvalue weighted by molar-refractivity contribution is 7.90. The molecule has 8 nitrogen and oxygen atoms in total. The molecule has 4 aromatic rings. The largest absolute Gasteiger partial charge is 0.462 e. The number of benzene rings is 3. The van der Waals surface area contributed by atoms with Crippen LogP contribution < -0.4 is 5.14 Å². The summed E-state index contributed by atoms with van der Waals surface area (Å²) in [7, 11) is -7.35. The number of sulfonamides is 1. The van der Waals surface area contributed by atoms with E-state index in [0.29, 0.717) is 44.4 Å². The first-order chi connectivity index (χ1) is 17.8. The van der Waals surface area contributed by atoms with Gasteiger partial charge in [-0.25, -0.2) is 26.8 Å². The number of carbonyl (C=O) groups excluding carboxylic acids is 1. The Labute approximate surface area is 226 Å². The molecule has 0 saturated heterocycles. The van der Waals surface area contributed by atoms with Gasteiger partial charge >= 0.3 is 5.97 Å². The van der Waals surface area contributed by atoms with Crippen molar-refractivity contribution in [1.29, 1.82) is 0 Å². The van der Waals surface area contributed by atoms with E-state index >= 15 is 0 Å². The number of esters is 1. The summed E-state index contributed by atoms with van der Waals surface area (Å²) in [6.45, 7) is 3.61. The molecule has 1 heterocycles. The number of hydrogen-bond donors (Lipinski definition) is 1. The van der Waals surface area contributed by atoms with E-state index in [0.717, 1.165) is 6.26 Å². The molecule has 0 radical (unpaired) electrons. The number of ether oxygens (including phenoxy) is 1. The zero-order chi connectivity index (χ0) is 27.8. The number of nitrogens with zero attached hydrogens (tertiary/aromatic N) is 1. The van der Waals surface area contributed by atoms with E-state index in [1.807, 2.05) is 4.57 Å². The average Bonchev–Trinajstić information content (AvgIpc) is 3.16. The first-order valence-electron chi connectivity index (χ1n) is 11.4. The van der Waals surface area contributed by atoms with Crippen molar-refractivity contribution in [1.82, 2.24) is 4.57 Å². The highest BCUT2D eigenvalue weighted by atomic mass is 35.5. The van der Waals surface area contributed by atoms with Gasteiger partial charge in [0.25, 0.3) is 0 Å². The maximum absolute atomic E-state index is 13.3. The van der Waals surface area contributed by atoms with Crippen molar-refractivity contribution in [3.05, 3.63) is 89.1 Å². The van der Waals surface area contributed by atoms with Gasteiger partial charge in [-0.15, -0.1) is 0 Å². The standard InChI is InChI=1S/C27H25ClN2O6S2/c1-4-36-27(31)24-17(2)30(21-11-15-23(16-12-21)38(29,34)35)26(19-5-9-20(28)10-6-19)25(24)18-7-13-22(14-8-18)37(3,32)33/h5-16H,4H2,1-3H3,(H2,29,34,35). The Morgan fingerprint density at radius 1 is 0.868 bits per heavy atom. The monoisotopic (exact) mass is 572 g/mol. The molecule has 3 aromatic carbocycles. The zero-order valence-corrected chi connectivity index (χ0v) is 23.2. The molecular weight excluding hydrogens is 548 g/mol. The molecule has 0 aliphatic rings. The second-order valence-electron chi connectivity index (χ2n) is 8.58. The molecule has 1 aromatic heterocycles. The van der Waals surface area contributed by atoms with Crippen molar-refractivity contribution in [2.24, 2.45) is 5.14 Å². The van der Waals surface area contributed by atoms with Crippen LogP contribution in [0.4, 0.5) is 0 Å². The van der Waals surface area contributed by atoms with Crippen LogP contribution in [0.1, 0.15) is 23.0 Å². The lowest BCUT2D eigenvalue weighted by Crippen LogP contribution is -2.12. The number of rotatable bonds is 7. The number of carbonyl (C=O) groups is 1. The van der Waals surface area contributed by atoms with Crippen molar-refractivity contribution in [3.8, 4) is 28.1 Å². The van der Waals surface area contributed by atoms with Gasteiger partial charge in [-0.2, -0.15) is 0 Å². The Hall–Kier alpha value is -3.44. The van der Waals surface area contributed by atoms with Gasteiger partial charge in [0.2, 0.25) is 10.0 Å². The summed E-state index contributed by atoms with van der Waals surface area (Å²) in [5.74, 6) is -0.553. The summed E-state index contributed by atoms with van der Waals surface area (Å²) in [5.41, 5.74) is 3.85. The lowest BCUT2D eigenvalue weighted by Gasteiger charge is -2.14. The second-order valence-corrected chi connectivity index (χ2v) is 12.6. The molecule has 4 rings (SSSR count). The first kappa shape index (κ1) is 27.6. The molecule has 2 N–H and O–H groups in total. The number of halogens is 1. The highest BCUT2D eigenvalue weighted by Crippen LogP contribution is 2.42. The summed E-state index contributed by atoms with van der Waals surface area (Å²) < 4.78 is 55.0. The molecule has 38 heavy (non-hydrogen) atoms. The number of sulfone groups is 1. The second kappa shape index (κ2) is 10.4. The van der Waals surface area contributed by atoms with E-state index < -0.39 is 25.8 Å². The number of nitrogens with two attached hydrogens (primary N) is 1. The predicted octanol–water partition coefficient (Wildman–Crippen LogP) is 5.00. The summed E-state index contributed by atoms with van der Waals surface area (Å²) in [6, 6.07) is 19.3. The van der Waals surface area contributed by atoms with E-state index in [1.54, 1.807) is 62.4 Å². The number of primary sulfonamides is 1. The molecule has 0 aliphatic carbocycles. The minimum absolute atomic E-state index is 0.0543. The van der Waals surface area contributed by atoms with Crippen molar-refractivity contribution < 1.29 is 26.4 Å². The van der Waals surface area contributed by atoms with Crippen molar-refractivity contribution >= 4 is 37.4 Å². The molecule has 0 fully saturated rings. The molecule has 0 aliphatic heterocycles. The van der Waals surface area contributed by atoms with Crippen LogP contribution in [0.5, 0.6) is 0 Å². The van der Waals surface area contributed by atoms with Crippen molar-refractivity contribution in [2.75, 3.05) is 12.9 Å². The molecule has 0 bridgehead atoms. The summed E-state index contributed by atoms with van der Waals surface area (Å²) in [6.07, 6.45) is 1.12. The van der Waals surface area contributed by atoms with E-state index in [2.05, 4.69) is 0 Å². The zero-order valence-electron chi connectivity index (χ0n) is 20.8. The van der Waals surface area contributed by atoms with Crippen molar-refractivity contribution in [3.63, 3.8) is 0 Å². The van der Waals surface area contributed by atoms with Crippen LogP contribution in [0.3, 0.4) is 0 Å². The minimum atomic E-state index is -3.91. The van der Waals surface area contributed by atoms with Gasteiger partial charge in [0, 0.05) is 28.2 Å². The van der Waals surface area contributed by atoms with E-state index in [9.17, 15) is 21.6 Å². The average molecular weight is 573 g/mol. The molecule has 198 valence electrons. The summed E-state index contributed by atoms with van der Waals surface area (Å²) in [4.78, 5) is 13.4. The number of aromatic nitrogens is 1. The van der Waals surface area contributed by atoms with Gasteiger partial charge in [0.1, 0.15) is 0 Å². The third kappa shape index (κ3) is 5.39. The van der Waals surface area contributed by atoms with Crippen LogP contribution in [0.25, 0.3) is 28.1 Å². The Balaban J connectivity index is 2.10. The normalized spacial score (nSPS) is 11.9. The third-order valence-electron chi connectivity index (χ3n) is 6.00.